The van der Waals surface area contributed by atoms with Gasteiger partial charge in [-0.15, -0.1) is 0 Å². The van der Waals surface area contributed by atoms with Gasteiger partial charge >= 0.3 is 0 Å². The summed E-state index contributed by atoms with van der Waals surface area (Å²) in [4.78, 5) is 38.8. The number of rotatable bonds is 12. The molecule has 6 N–H and O–H groups in total. The van der Waals surface area contributed by atoms with E-state index >= 15 is 0 Å². The van der Waals surface area contributed by atoms with Crippen LogP contribution in [-0.4, -0.2) is 38.2 Å². The molecular weight excluding hydrogens is 1080 g/mol. The van der Waals surface area contributed by atoms with Gasteiger partial charge in [0.2, 0.25) is 12.0 Å². The molecule has 2 aliphatic heterocycles. The van der Waals surface area contributed by atoms with E-state index in [4.69, 9.17) is 32.4 Å². The van der Waals surface area contributed by atoms with E-state index in [1.165, 1.54) is 66.7 Å². The number of hydrogen-bond acceptors (Lipinski definition) is 11. The molecule has 7 aromatic rings. The molecule has 7 aromatic carbocycles. The van der Waals surface area contributed by atoms with Crippen molar-refractivity contribution < 1.29 is 32.9 Å². The van der Waals surface area contributed by atoms with E-state index in [1.807, 2.05) is 57.2 Å². The number of non-ortho nitro benzene ring substituents is 2. The van der Waals surface area contributed by atoms with Gasteiger partial charge in [-0.05, 0) is 192 Å². The number of anilines is 5. The van der Waals surface area contributed by atoms with Gasteiger partial charge in [-0.25, -0.2) is 18.6 Å². The molecule has 0 saturated carbocycles. The Kier molecular flexibility index (Phi) is 23.2. The Labute approximate surface area is 484 Å². The van der Waals surface area contributed by atoms with Crippen molar-refractivity contribution in [1.29, 1.82) is 0 Å². The predicted octanol–water partition coefficient (Wildman–Crippen LogP) is 16.3. The molecule has 3 atom stereocenters. The van der Waals surface area contributed by atoms with Gasteiger partial charge in [0, 0.05) is 63.8 Å². The first-order chi connectivity index (χ1) is 38.6. The maximum absolute atomic E-state index is 13.4. The van der Waals surface area contributed by atoms with Crippen molar-refractivity contribution in [2.75, 3.05) is 27.0 Å². The van der Waals surface area contributed by atoms with Crippen LogP contribution >= 0.6 is 22.1 Å². The second kappa shape index (κ2) is 29.9. The quantitative estimate of drug-likeness (QED) is 0.0112. The second-order valence-corrected chi connectivity index (χ2v) is 19.8. The third-order valence-corrected chi connectivity index (χ3v) is 12.6. The molecule has 0 aliphatic carbocycles. The van der Waals surface area contributed by atoms with Crippen LogP contribution in [0, 0.1) is 52.6 Å². The van der Waals surface area contributed by atoms with Crippen molar-refractivity contribution in [3.63, 3.8) is 0 Å². The highest BCUT2D eigenvalue weighted by atomic mass is 32.1. The molecule has 2 heterocycles. The van der Waals surface area contributed by atoms with E-state index < -0.39 is 9.85 Å². The average Bonchev–Trinajstić information content (AvgIpc) is 3.28. The van der Waals surface area contributed by atoms with Crippen LogP contribution in [0.5, 0.6) is 11.5 Å². The van der Waals surface area contributed by atoms with E-state index in [0.29, 0.717) is 39.5 Å². The molecule has 0 fully saturated rings. The first-order valence-corrected chi connectivity index (χ1v) is 26.2. The van der Waals surface area contributed by atoms with Crippen molar-refractivity contribution >= 4 is 103 Å². The number of nitrogens with one attached hydrogen (secondary N) is 4. The normalized spacial score (nSPS) is 15.1. The number of aliphatic imine (C=N–C) groups is 2. The van der Waals surface area contributed by atoms with E-state index in [1.54, 1.807) is 48.5 Å². The Morgan fingerprint density at radius 3 is 1.52 bits per heavy atom. The molecule has 426 valence electrons. The zero-order chi connectivity index (χ0) is 58.7. The largest absolute Gasteiger partial charge is 0.483 e. The molecule has 16 nitrogen and oxygen atoms in total. The van der Waals surface area contributed by atoms with Crippen molar-refractivity contribution in [3.05, 3.63) is 217 Å². The number of ether oxygens (including phenoxy) is 2. The van der Waals surface area contributed by atoms with E-state index in [-0.39, 0.29) is 44.1 Å². The Bertz CT molecular complexity index is 3450. The van der Waals surface area contributed by atoms with Crippen LogP contribution in [0.3, 0.4) is 0 Å². The summed E-state index contributed by atoms with van der Waals surface area (Å²) >= 11 is 5.38. The predicted molar refractivity (Wildman–Crippen MR) is 336 cm³/mol. The molecule has 3 unspecified atom stereocenters. The van der Waals surface area contributed by atoms with Crippen LogP contribution in [0.2, 0.25) is 0 Å². The van der Waals surface area contributed by atoms with Gasteiger partial charge < -0.3 is 36.5 Å². The minimum atomic E-state index is -0.451. The lowest BCUT2D eigenvalue weighted by Crippen LogP contribution is -2.31. The molecule has 0 radical (unpaired) electrons. The first-order valence-electron chi connectivity index (χ1n) is 25.8. The fraction of sp³-hybridized carbons (Fsp3) is 0.210. The molecule has 0 amide bonds. The number of nitro benzene ring substituents is 2. The Morgan fingerprint density at radius 1 is 0.634 bits per heavy atom. The first kappa shape index (κ1) is 63.7. The Morgan fingerprint density at radius 2 is 1.07 bits per heavy atom. The lowest BCUT2D eigenvalue weighted by molar-refractivity contribution is -0.385. The van der Waals surface area contributed by atoms with Gasteiger partial charge in [0.1, 0.15) is 34.3 Å². The summed E-state index contributed by atoms with van der Waals surface area (Å²) in [7, 11) is 0. The number of isocyanates is 1. The highest BCUT2D eigenvalue weighted by molar-refractivity contribution is 7.80. The maximum atomic E-state index is 13.4. The van der Waals surface area contributed by atoms with Crippen molar-refractivity contribution in [2.45, 2.75) is 85.4 Å². The summed E-state index contributed by atoms with van der Waals surface area (Å²) in [6, 6.07) is 39.1. The van der Waals surface area contributed by atoms with Gasteiger partial charge in [0.15, 0.2) is 5.11 Å². The van der Waals surface area contributed by atoms with Crippen molar-refractivity contribution in [2.24, 2.45) is 9.98 Å². The number of nitrogens with zero attached hydrogens (tertiary/aromatic N) is 4. The summed E-state index contributed by atoms with van der Waals surface area (Å²) in [5, 5.41) is 34.7. The van der Waals surface area contributed by atoms with Crippen LogP contribution < -0.4 is 36.5 Å². The van der Waals surface area contributed by atoms with Gasteiger partial charge in [-0.2, -0.15) is 14.9 Å². The number of fused-ring (bicyclic) bond motifs is 2. The monoisotopic (exact) mass is 1150 g/mol. The third kappa shape index (κ3) is 19.3. The molecule has 0 bridgehead atoms. The van der Waals surface area contributed by atoms with Crippen LogP contribution in [0.1, 0.15) is 81.2 Å². The van der Waals surface area contributed by atoms with E-state index in [2.05, 4.69) is 78.3 Å². The fourth-order valence-electron chi connectivity index (χ4n) is 8.21. The number of thiocarbonyl (C=S) groups is 1. The number of guanidine groups is 1. The number of nitro groups is 2. The number of benzene rings is 7. The summed E-state index contributed by atoms with van der Waals surface area (Å²) in [6.07, 6.45) is 13.8. The van der Waals surface area contributed by atoms with Crippen LogP contribution in [-0.2, 0) is 4.79 Å². The van der Waals surface area contributed by atoms with Crippen LogP contribution in [0.4, 0.5) is 60.0 Å². The highest BCUT2D eigenvalue weighted by Gasteiger charge is 2.28. The lowest BCUT2D eigenvalue weighted by Gasteiger charge is -2.32. The molecular formula is C62H66F2N9O7PS. The SMILES string of the molecule is CCCC1(C)C=Cc2cc(N=C(Nc3ccc(F)cc3)Nc3ccc([N+](=O)[O-])cc3)c(C)cc2O1.CCCC1(C)C=Cc2cc(NC(=S)Nc3ccc([N+](=O)[O-])cc3)c(C)cc2O1.Cc1ccc(N=C=O)cc1.Nc1ccc(F)cc1.P. The molecule has 82 heavy (non-hydrogen) atoms. The Hall–Kier alpha value is -9.15. The van der Waals surface area contributed by atoms with E-state index in [9.17, 15) is 33.8 Å². The van der Waals surface area contributed by atoms with Gasteiger partial charge in [0.05, 0.1) is 21.2 Å². The molecule has 2 aliphatic rings. The van der Waals surface area contributed by atoms with Crippen LogP contribution in [0.15, 0.2) is 168 Å². The zero-order valence-corrected chi connectivity index (χ0v) is 48.8. The lowest BCUT2D eigenvalue weighted by atomic mass is 9.95. The number of nitrogens with two attached hydrogens (primary N) is 1. The zero-order valence-electron chi connectivity index (χ0n) is 46.6. The van der Waals surface area contributed by atoms with E-state index in [0.717, 1.165) is 76.4 Å². The summed E-state index contributed by atoms with van der Waals surface area (Å²) < 4.78 is 37.9. The third-order valence-electron chi connectivity index (χ3n) is 12.4. The number of carbonyl (C=O) groups excluding carboxylic acids is 1. The molecule has 0 spiro atoms. The average molecular weight is 1150 g/mol. The van der Waals surface area contributed by atoms with Crippen LogP contribution in [0.25, 0.3) is 12.2 Å². The van der Waals surface area contributed by atoms with Gasteiger partial charge in [-0.1, -0.05) is 56.5 Å². The minimum absolute atomic E-state index is 0. The fourth-order valence-corrected chi connectivity index (χ4v) is 8.44. The maximum Gasteiger partial charge on any atom is 0.269 e. The van der Waals surface area contributed by atoms with Gasteiger partial charge in [0.25, 0.3) is 11.4 Å². The van der Waals surface area contributed by atoms with Gasteiger partial charge in [-0.3, -0.25) is 20.2 Å². The number of nitrogen functional groups attached to an aromatic ring is 1. The highest BCUT2D eigenvalue weighted by Crippen LogP contribution is 2.39. The topological polar surface area (TPSA) is 221 Å². The second-order valence-electron chi connectivity index (χ2n) is 19.4. The number of aryl methyl sites for hydroxylation is 3. The molecule has 0 aromatic heterocycles. The smallest absolute Gasteiger partial charge is 0.269 e. The summed E-state index contributed by atoms with van der Waals surface area (Å²) in [6.45, 7) is 14.4. The minimum Gasteiger partial charge on any atom is -0.483 e. The number of hydrogen-bond donors (Lipinski definition) is 5. The standard InChI is InChI=1S/C27H27FN4O3.C21H23N3O3S.C8H7NO.C6H6FN.H3P/c1-4-14-27(3)15-13-19-17-24(18(2)16-25(19)35-27)31-26(29-21-7-5-20(28)6-8-21)30-22-9-11-23(12-10-22)32(33)34;1-4-10-21(3)11-9-15-13-18(14(2)12-19(15)27-21)23-20(28)22-16-5-7-17(8-6-16)24(25)26;1-7-2-4-8(5-3-7)9-6-10;7-5-1-3-6(8)4-2-5;/h5-13,15-17H,4,14H2,1-3H3,(H2,29,30,31);5-9,11-13H,4,10H2,1-3H3,(H2,22,23,28);2-5H,1H3;1-4H,8H2;1H3. The summed E-state index contributed by atoms with van der Waals surface area (Å²) in [5.41, 5.74) is 14.5. The number of halogens is 2. The molecule has 9 rings (SSSR count). The van der Waals surface area contributed by atoms with Crippen molar-refractivity contribution in [1.82, 2.24) is 0 Å². The Balaban J connectivity index is 0.000000231. The molecule has 20 heteroatoms. The van der Waals surface area contributed by atoms with Crippen molar-refractivity contribution in [3.8, 4) is 11.5 Å². The summed E-state index contributed by atoms with van der Waals surface area (Å²) in [5.74, 6) is 1.47. The molecule has 0 saturated heterocycles.